The second kappa shape index (κ2) is 3.16. The molecule has 0 amide bonds. The number of ether oxygens (including phenoxy) is 1. The molecule has 3 rings (SSSR count). The molecule has 0 aliphatic carbocycles. The predicted molar refractivity (Wildman–Crippen MR) is 54.3 cm³/mol. The van der Waals surface area contributed by atoms with Gasteiger partial charge in [0, 0.05) is 12.5 Å². The Labute approximate surface area is 85.9 Å². The number of nitrogen functional groups attached to an aromatic ring is 1. The second-order valence-electron chi connectivity index (χ2n) is 3.63. The minimum atomic E-state index is 0.258. The van der Waals surface area contributed by atoms with Crippen LogP contribution in [0, 0.1) is 0 Å². The topological polar surface area (TPSA) is 89.7 Å². The van der Waals surface area contributed by atoms with Crippen LogP contribution in [0.2, 0.25) is 0 Å². The highest BCUT2D eigenvalue weighted by molar-refractivity contribution is 5.80. The fourth-order valence-electron chi connectivity index (χ4n) is 1.79. The first-order chi connectivity index (χ1) is 7.34. The minimum absolute atomic E-state index is 0.258. The van der Waals surface area contributed by atoms with Crippen LogP contribution in [0.25, 0.3) is 11.2 Å². The van der Waals surface area contributed by atoms with E-state index in [1.54, 1.807) is 6.33 Å². The van der Waals surface area contributed by atoms with Crippen molar-refractivity contribution in [2.45, 2.75) is 12.3 Å². The average Bonchev–Trinajstić information content (AvgIpc) is 2.88. The number of fused-ring (bicyclic) bond motifs is 1. The van der Waals surface area contributed by atoms with Crippen molar-refractivity contribution in [2.75, 3.05) is 18.9 Å². The molecule has 0 radical (unpaired) electrons. The first-order valence-corrected chi connectivity index (χ1v) is 4.89. The fourth-order valence-corrected chi connectivity index (χ4v) is 1.79. The monoisotopic (exact) mass is 205 g/mol. The van der Waals surface area contributed by atoms with Crippen molar-refractivity contribution in [3.05, 3.63) is 12.2 Å². The predicted octanol–water partition coefficient (Wildman–Crippen LogP) is 0.439. The number of H-pyrrole nitrogens is 1. The highest BCUT2D eigenvalue weighted by atomic mass is 16.5. The lowest BCUT2D eigenvalue weighted by Gasteiger charge is -2.06. The number of rotatable bonds is 1. The normalized spacial score (nSPS) is 21.2. The van der Waals surface area contributed by atoms with Gasteiger partial charge in [-0.25, -0.2) is 15.0 Å². The molecule has 0 bridgehead atoms. The summed E-state index contributed by atoms with van der Waals surface area (Å²) in [5, 5.41) is 0. The summed E-state index contributed by atoms with van der Waals surface area (Å²) in [6, 6.07) is 0. The molecule has 2 aromatic heterocycles. The summed E-state index contributed by atoms with van der Waals surface area (Å²) >= 11 is 0. The van der Waals surface area contributed by atoms with E-state index in [-0.39, 0.29) is 5.92 Å². The molecule has 1 atom stereocenters. The Morgan fingerprint density at radius 3 is 3.20 bits per heavy atom. The molecule has 3 heterocycles. The van der Waals surface area contributed by atoms with E-state index in [9.17, 15) is 0 Å². The summed E-state index contributed by atoms with van der Waals surface area (Å²) in [6.07, 6.45) is 2.53. The molecule has 1 unspecified atom stereocenters. The zero-order valence-electron chi connectivity index (χ0n) is 8.10. The van der Waals surface area contributed by atoms with Crippen molar-refractivity contribution in [3.63, 3.8) is 0 Å². The summed E-state index contributed by atoms with van der Waals surface area (Å²) in [4.78, 5) is 15.6. The summed E-state index contributed by atoms with van der Waals surface area (Å²) in [7, 11) is 0. The standard InChI is InChI=1S/C9H11N5O/c10-7-6-9(12-4-11-6)14-8(13-7)5-1-2-15-3-5/h4-5H,1-3H2,(H3,10,11,12,13,14). The van der Waals surface area contributed by atoms with Crippen molar-refractivity contribution in [1.82, 2.24) is 19.9 Å². The van der Waals surface area contributed by atoms with Crippen molar-refractivity contribution in [1.29, 1.82) is 0 Å². The number of imidazole rings is 1. The van der Waals surface area contributed by atoms with Gasteiger partial charge in [0.1, 0.15) is 11.3 Å². The van der Waals surface area contributed by atoms with E-state index in [4.69, 9.17) is 10.5 Å². The molecule has 0 spiro atoms. The molecule has 2 aromatic rings. The van der Waals surface area contributed by atoms with Crippen LogP contribution in [0.15, 0.2) is 6.33 Å². The van der Waals surface area contributed by atoms with Crippen LogP contribution < -0.4 is 5.73 Å². The Morgan fingerprint density at radius 1 is 1.47 bits per heavy atom. The third kappa shape index (κ3) is 1.33. The molecule has 1 saturated heterocycles. The van der Waals surface area contributed by atoms with E-state index in [2.05, 4.69) is 19.9 Å². The van der Waals surface area contributed by atoms with Crippen molar-refractivity contribution in [3.8, 4) is 0 Å². The van der Waals surface area contributed by atoms with Crippen LogP contribution >= 0.6 is 0 Å². The summed E-state index contributed by atoms with van der Waals surface area (Å²) in [5.74, 6) is 1.46. The SMILES string of the molecule is Nc1nc(C2CCOC2)nc2nc[nH]c12. The summed E-state index contributed by atoms with van der Waals surface area (Å²) < 4.78 is 5.30. The van der Waals surface area contributed by atoms with Gasteiger partial charge in [-0.1, -0.05) is 0 Å². The molecule has 0 saturated carbocycles. The van der Waals surface area contributed by atoms with E-state index >= 15 is 0 Å². The number of nitrogens with one attached hydrogen (secondary N) is 1. The number of anilines is 1. The zero-order chi connectivity index (χ0) is 10.3. The maximum atomic E-state index is 5.81. The van der Waals surface area contributed by atoms with Crippen molar-refractivity contribution >= 4 is 17.0 Å². The van der Waals surface area contributed by atoms with Gasteiger partial charge in [-0.15, -0.1) is 0 Å². The molecule has 15 heavy (non-hydrogen) atoms. The van der Waals surface area contributed by atoms with E-state index in [1.807, 2.05) is 0 Å². The fraction of sp³-hybridized carbons (Fsp3) is 0.444. The highest BCUT2D eigenvalue weighted by Crippen LogP contribution is 2.24. The second-order valence-corrected chi connectivity index (χ2v) is 3.63. The van der Waals surface area contributed by atoms with Crippen LogP contribution in [0.5, 0.6) is 0 Å². The number of aromatic nitrogens is 4. The molecule has 6 nitrogen and oxygen atoms in total. The summed E-state index contributed by atoms with van der Waals surface area (Å²) in [5.41, 5.74) is 7.14. The lowest BCUT2D eigenvalue weighted by atomic mass is 10.1. The van der Waals surface area contributed by atoms with Gasteiger partial charge in [0.25, 0.3) is 0 Å². The Bertz CT molecular complexity index is 488. The Balaban J connectivity index is 2.11. The molecule has 78 valence electrons. The van der Waals surface area contributed by atoms with Crippen LogP contribution in [0.4, 0.5) is 5.82 Å². The quantitative estimate of drug-likeness (QED) is 0.705. The van der Waals surface area contributed by atoms with Gasteiger partial charge in [0.15, 0.2) is 11.5 Å². The smallest absolute Gasteiger partial charge is 0.183 e. The van der Waals surface area contributed by atoms with Gasteiger partial charge < -0.3 is 15.5 Å². The van der Waals surface area contributed by atoms with E-state index < -0.39 is 0 Å². The molecule has 1 fully saturated rings. The molecule has 1 aliphatic rings. The van der Waals surface area contributed by atoms with Crippen LogP contribution in [0.1, 0.15) is 18.2 Å². The Kier molecular flexibility index (Phi) is 1.81. The third-order valence-electron chi connectivity index (χ3n) is 2.63. The number of hydrogen-bond acceptors (Lipinski definition) is 5. The average molecular weight is 205 g/mol. The molecular formula is C9H11N5O. The minimum Gasteiger partial charge on any atom is -0.382 e. The van der Waals surface area contributed by atoms with Gasteiger partial charge in [0.2, 0.25) is 0 Å². The van der Waals surface area contributed by atoms with Crippen molar-refractivity contribution in [2.24, 2.45) is 0 Å². The maximum Gasteiger partial charge on any atom is 0.183 e. The van der Waals surface area contributed by atoms with Gasteiger partial charge in [-0.05, 0) is 6.42 Å². The number of nitrogens with zero attached hydrogens (tertiary/aromatic N) is 3. The van der Waals surface area contributed by atoms with Crippen LogP contribution in [-0.2, 0) is 4.74 Å². The first-order valence-electron chi connectivity index (χ1n) is 4.89. The number of hydrogen-bond donors (Lipinski definition) is 2. The summed E-state index contributed by atoms with van der Waals surface area (Å²) in [6.45, 7) is 1.45. The van der Waals surface area contributed by atoms with E-state index in [1.165, 1.54) is 0 Å². The van der Waals surface area contributed by atoms with E-state index in [0.717, 1.165) is 18.9 Å². The lowest BCUT2D eigenvalue weighted by molar-refractivity contribution is 0.193. The van der Waals surface area contributed by atoms with Gasteiger partial charge in [-0.2, -0.15) is 0 Å². The first kappa shape index (κ1) is 8.60. The van der Waals surface area contributed by atoms with Gasteiger partial charge >= 0.3 is 0 Å². The largest absolute Gasteiger partial charge is 0.382 e. The van der Waals surface area contributed by atoms with Crippen molar-refractivity contribution < 1.29 is 4.74 Å². The van der Waals surface area contributed by atoms with Crippen LogP contribution in [0.3, 0.4) is 0 Å². The third-order valence-corrected chi connectivity index (χ3v) is 2.63. The highest BCUT2D eigenvalue weighted by Gasteiger charge is 2.22. The van der Waals surface area contributed by atoms with E-state index in [0.29, 0.717) is 23.6 Å². The molecule has 6 heteroatoms. The zero-order valence-corrected chi connectivity index (χ0v) is 8.10. The molecule has 0 aromatic carbocycles. The Morgan fingerprint density at radius 2 is 2.40 bits per heavy atom. The number of aromatic amines is 1. The molecule has 1 aliphatic heterocycles. The molecular weight excluding hydrogens is 194 g/mol. The van der Waals surface area contributed by atoms with Gasteiger partial charge in [-0.3, -0.25) is 0 Å². The van der Waals surface area contributed by atoms with Gasteiger partial charge in [0.05, 0.1) is 12.9 Å². The number of nitrogens with two attached hydrogens (primary N) is 1. The Hall–Kier alpha value is -1.69. The maximum absolute atomic E-state index is 5.81. The van der Waals surface area contributed by atoms with Crippen LogP contribution in [-0.4, -0.2) is 33.1 Å². The lowest BCUT2D eigenvalue weighted by Crippen LogP contribution is -2.07. The molecule has 3 N–H and O–H groups in total.